The summed E-state index contributed by atoms with van der Waals surface area (Å²) >= 11 is 0. The number of hydrogen-bond acceptors (Lipinski definition) is 5. The average molecular weight is 358 g/mol. The molecule has 2 amide bonds. The van der Waals surface area contributed by atoms with Crippen molar-refractivity contribution in [2.75, 3.05) is 31.6 Å². The van der Waals surface area contributed by atoms with Crippen molar-refractivity contribution in [2.45, 2.75) is 12.5 Å². The lowest BCUT2D eigenvalue weighted by Gasteiger charge is -2.34. The van der Waals surface area contributed by atoms with Gasteiger partial charge >= 0.3 is 5.97 Å². The molecule has 0 fully saturated rings. The summed E-state index contributed by atoms with van der Waals surface area (Å²) in [5.41, 5.74) is 0.490. The van der Waals surface area contributed by atoms with E-state index in [2.05, 4.69) is 17.9 Å². The number of para-hydroxylation sites is 2. The second kappa shape index (κ2) is 8.84. The minimum absolute atomic E-state index is 0.168. The molecule has 0 aromatic heterocycles. The van der Waals surface area contributed by atoms with Crippen molar-refractivity contribution in [3.05, 3.63) is 49.6 Å². The van der Waals surface area contributed by atoms with Crippen LogP contribution in [0.5, 0.6) is 5.75 Å². The van der Waals surface area contributed by atoms with Crippen LogP contribution in [-0.2, 0) is 19.1 Å². The molecule has 26 heavy (non-hydrogen) atoms. The quantitative estimate of drug-likeness (QED) is 0.520. The largest absolute Gasteiger partial charge is 0.478 e. The first-order valence-electron chi connectivity index (χ1n) is 8.15. The number of anilines is 1. The Kier molecular flexibility index (Phi) is 6.54. The topological polar surface area (TPSA) is 76.2 Å². The summed E-state index contributed by atoms with van der Waals surface area (Å²) in [5.74, 6) is -0.840. The molecule has 1 aliphatic rings. The highest BCUT2D eigenvalue weighted by Crippen LogP contribution is 2.34. The molecular formula is C19H22N2O5. The predicted octanol–water partition coefficient (Wildman–Crippen LogP) is 1.54. The van der Waals surface area contributed by atoms with Crippen molar-refractivity contribution in [3.8, 4) is 5.75 Å². The molecule has 1 aromatic rings. The maximum absolute atomic E-state index is 12.8. The molecule has 1 aromatic carbocycles. The van der Waals surface area contributed by atoms with E-state index in [0.717, 1.165) is 0 Å². The number of benzene rings is 1. The van der Waals surface area contributed by atoms with E-state index in [1.54, 1.807) is 36.4 Å². The van der Waals surface area contributed by atoms with Crippen molar-refractivity contribution in [2.24, 2.45) is 0 Å². The van der Waals surface area contributed by atoms with Gasteiger partial charge in [-0.05, 0) is 12.1 Å². The zero-order valence-electron chi connectivity index (χ0n) is 14.7. The Morgan fingerprint density at radius 1 is 1.27 bits per heavy atom. The third kappa shape index (κ3) is 4.30. The second-order valence-electron chi connectivity index (χ2n) is 5.65. The van der Waals surface area contributed by atoms with Crippen LogP contribution in [0.1, 0.15) is 6.42 Å². The lowest BCUT2D eigenvalue weighted by Crippen LogP contribution is -2.51. The predicted molar refractivity (Wildman–Crippen MR) is 96.8 cm³/mol. The number of carbonyl (C=O) groups excluding carboxylic acids is 3. The van der Waals surface area contributed by atoms with E-state index in [1.807, 2.05) is 0 Å². The molecule has 1 unspecified atom stereocenters. The molecule has 0 bridgehead atoms. The number of amides is 2. The van der Waals surface area contributed by atoms with Gasteiger partial charge in [-0.15, -0.1) is 13.2 Å². The number of fused-ring (bicyclic) bond motifs is 1. The number of rotatable bonds is 8. The summed E-state index contributed by atoms with van der Waals surface area (Å²) in [4.78, 5) is 39.9. The summed E-state index contributed by atoms with van der Waals surface area (Å²) in [6, 6.07) is 6.89. The Bertz CT molecular complexity index is 706. The fourth-order valence-electron chi connectivity index (χ4n) is 2.63. The summed E-state index contributed by atoms with van der Waals surface area (Å²) in [6.07, 6.45) is 1.96. The zero-order chi connectivity index (χ0) is 19.1. The highest BCUT2D eigenvalue weighted by Gasteiger charge is 2.37. The third-order valence-corrected chi connectivity index (χ3v) is 3.89. The van der Waals surface area contributed by atoms with Gasteiger partial charge in [-0.25, -0.2) is 0 Å². The molecule has 7 heteroatoms. The first-order valence-corrected chi connectivity index (χ1v) is 8.15. The van der Waals surface area contributed by atoms with Gasteiger partial charge in [0.15, 0.2) is 6.10 Å². The standard InChI is InChI=1S/C19H22N2O5/c1-4-10-20(11-5-2)17(22)13-21-14-8-6-7-9-15(14)26-16(19(21)24)12-18(23)25-3/h4-9,16H,1-2,10-13H2,3H3. The van der Waals surface area contributed by atoms with E-state index < -0.39 is 18.0 Å². The molecule has 2 rings (SSSR count). The highest BCUT2D eigenvalue weighted by atomic mass is 16.5. The van der Waals surface area contributed by atoms with Crippen LogP contribution in [0.15, 0.2) is 49.6 Å². The molecule has 138 valence electrons. The van der Waals surface area contributed by atoms with E-state index in [1.165, 1.54) is 16.9 Å². The fraction of sp³-hybridized carbons (Fsp3) is 0.316. The number of methoxy groups -OCH3 is 1. The summed E-state index contributed by atoms with van der Waals surface area (Å²) < 4.78 is 10.3. The van der Waals surface area contributed by atoms with Crippen LogP contribution >= 0.6 is 0 Å². The number of hydrogen-bond donors (Lipinski definition) is 0. The first-order chi connectivity index (χ1) is 12.5. The van der Waals surface area contributed by atoms with Gasteiger partial charge in [0, 0.05) is 13.1 Å². The normalized spacial score (nSPS) is 15.5. The molecule has 0 radical (unpaired) electrons. The Hall–Kier alpha value is -3.09. The Morgan fingerprint density at radius 2 is 1.92 bits per heavy atom. The summed E-state index contributed by atoms with van der Waals surface area (Å²) in [7, 11) is 1.24. The van der Waals surface area contributed by atoms with Crippen LogP contribution in [0.4, 0.5) is 5.69 Å². The van der Waals surface area contributed by atoms with Crippen LogP contribution in [0.2, 0.25) is 0 Å². The molecule has 0 spiro atoms. The molecule has 1 aliphatic heterocycles. The Morgan fingerprint density at radius 3 is 2.54 bits per heavy atom. The maximum Gasteiger partial charge on any atom is 0.309 e. The first kappa shape index (κ1) is 19.2. The van der Waals surface area contributed by atoms with E-state index in [9.17, 15) is 14.4 Å². The third-order valence-electron chi connectivity index (χ3n) is 3.89. The molecule has 7 nitrogen and oxygen atoms in total. The fourth-order valence-corrected chi connectivity index (χ4v) is 2.63. The van der Waals surface area contributed by atoms with E-state index in [-0.39, 0.29) is 18.9 Å². The van der Waals surface area contributed by atoms with Gasteiger partial charge in [0.2, 0.25) is 5.91 Å². The summed E-state index contributed by atoms with van der Waals surface area (Å²) in [5, 5.41) is 0. The Labute approximate surface area is 152 Å². The van der Waals surface area contributed by atoms with E-state index in [4.69, 9.17) is 4.74 Å². The molecule has 0 N–H and O–H groups in total. The van der Waals surface area contributed by atoms with Crippen LogP contribution in [0.25, 0.3) is 0 Å². The SMILES string of the molecule is C=CCN(CC=C)C(=O)CN1C(=O)C(CC(=O)OC)Oc2ccccc21. The van der Waals surface area contributed by atoms with Crippen LogP contribution in [0, 0.1) is 0 Å². The minimum atomic E-state index is -1.03. The smallest absolute Gasteiger partial charge is 0.309 e. The molecule has 1 heterocycles. The number of ether oxygens (including phenoxy) is 2. The van der Waals surface area contributed by atoms with Gasteiger partial charge < -0.3 is 14.4 Å². The van der Waals surface area contributed by atoms with E-state index >= 15 is 0 Å². The highest BCUT2D eigenvalue weighted by molar-refractivity contribution is 6.05. The lowest BCUT2D eigenvalue weighted by molar-refractivity contribution is -0.145. The van der Waals surface area contributed by atoms with Crippen molar-refractivity contribution in [1.82, 2.24) is 4.90 Å². The minimum Gasteiger partial charge on any atom is -0.478 e. The average Bonchev–Trinajstić information content (AvgIpc) is 2.64. The molecule has 1 atom stereocenters. The van der Waals surface area contributed by atoms with Gasteiger partial charge in [-0.3, -0.25) is 19.3 Å². The van der Waals surface area contributed by atoms with Crippen LogP contribution < -0.4 is 9.64 Å². The number of esters is 1. The van der Waals surface area contributed by atoms with Gasteiger partial charge in [-0.1, -0.05) is 24.3 Å². The molecule has 0 saturated carbocycles. The van der Waals surface area contributed by atoms with Crippen molar-refractivity contribution < 1.29 is 23.9 Å². The van der Waals surface area contributed by atoms with Crippen molar-refractivity contribution >= 4 is 23.5 Å². The molecule has 0 saturated heterocycles. The Balaban J connectivity index is 2.27. The second-order valence-corrected chi connectivity index (χ2v) is 5.65. The maximum atomic E-state index is 12.8. The van der Waals surface area contributed by atoms with E-state index in [0.29, 0.717) is 24.5 Å². The van der Waals surface area contributed by atoms with Crippen LogP contribution in [-0.4, -0.2) is 55.5 Å². The van der Waals surface area contributed by atoms with Crippen molar-refractivity contribution in [1.29, 1.82) is 0 Å². The molecular weight excluding hydrogens is 336 g/mol. The van der Waals surface area contributed by atoms with Gasteiger partial charge in [0.05, 0.1) is 19.2 Å². The zero-order valence-corrected chi connectivity index (χ0v) is 14.7. The lowest BCUT2D eigenvalue weighted by atomic mass is 10.1. The number of nitrogens with zero attached hydrogens (tertiary/aromatic N) is 2. The number of carbonyl (C=O) groups is 3. The van der Waals surface area contributed by atoms with Gasteiger partial charge in [0.25, 0.3) is 5.91 Å². The van der Waals surface area contributed by atoms with Gasteiger partial charge in [0.1, 0.15) is 12.3 Å². The summed E-state index contributed by atoms with van der Waals surface area (Å²) in [6.45, 7) is 7.79. The monoisotopic (exact) mass is 358 g/mol. The van der Waals surface area contributed by atoms with Gasteiger partial charge in [-0.2, -0.15) is 0 Å². The molecule has 0 aliphatic carbocycles. The van der Waals surface area contributed by atoms with Crippen LogP contribution in [0.3, 0.4) is 0 Å². The van der Waals surface area contributed by atoms with Crippen molar-refractivity contribution in [3.63, 3.8) is 0 Å².